The second kappa shape index (κ2) is 6.46. The number of ether oxygens (including phenoxy) is 1. The Morgan fingerprint density at radius 2 is 2.09 bits per heavy atom. The van der Waals surface area contributed by atoms with E-state index in [9.17, 15) is 13.2 Å². The van der Waals surface area contributed by atoms with Crippen LogP contribution in [0, 0.1) is 6.92 Å². The highest BCUT2D eigenvalue weighted by atomic mass is 32.2. The quantitative estimate of drug-likeness (QED) is 0.777. The van der Waals surface area contributed by atoms with Crippen LogP contribution in [0.3, 0.4) is 0 Å². The van der Waals surface area contributed by atoms with Crippen molar-refractivity contribution in [1.82, 2.24) is 14.2 Å². The van der Waals surface area contributed by atoms with Crippen molar-refractivity contribution in [2.24, 2.45) is 0 Å². The molecule has 0 radical (unpaired) electrons. The van der Waals surface area contributed by atoms with Gasteiger partial charge in [0.25, 0.3) is 5.91 Å². The minimum absolute atomic E-state index is 0.0189. The molecule has 23 heavy (non-hydrogen) atoms. The summed E-state index contributed by atoms with van der Waals surface area (Å²) < 4.78 is 31.3. The summed E-state index contributed by atoms with van der Waals surface area (Å²) in [5.41, 5.74) is 2.42. The van der Waals surface area contributed by atoms with Crippen molar-refractivity contribution in [2.75, 3.05) is 32.5 Å². The number of rotatable bonds is 2. The Morgan fingerprint density at radius 3 is 2.74 bits per heavy atom. The zero-order valence-electron chi connectivity index (χ0n) is 13.3. The summed E-state index contributed by atoms with van der Waals surface area (Å²) in [6, 6.07) is -0.181. The summed E-state index contributed by atoms with van der Waals surface area (Å²) in [5, 5.41) is 0. The molecule has 0 saturated carbocycles. The molecule has 2 aliphatic rings. The van der Waals surface area contributed by atoms with Gasteiger partial charge in [-0.15, -0.1) is 11.3 Å². The monoisotopic (exact) mass is 359 g/mol. The van der Waals surface area contributed by atoms with Gasteiger partial charge in [-0.25, -0.2) is 13.4 Å². The molecular formula is C14H21N3O4S2. The van der Waals surface area contributed by atoms with Gasteiger partial charge >= 0.3 is 0 Å². The lowest BCUT2D eigenvalue weighted by Gasteiger charge is -2.38. The lowest BCUT2D eigenvalue weighted by Crippen LogP contribution is -2.53. The van der Waals surface area contributed by atoms with Gasteiger partial charge in [0.05, 0.1) is 36.2 Å². The van der Waals surface area contributed by atoms with Crippen molar-refractivity contribution < 1.29 is 17.9 Å². The molecule has 2 fully saturated rings. The predicted octanol–water partition coefficient (Wildman–Crippen LogP) is 0.717. The molecule has 3 heterocycles. The van der Waals surface area contributed by atoms with E-state index in [1.54, 1.807) is 10.4 Å². The zero-order chi connectivity index (χ0) is 16.6. The Hall–Kier alpha value is -1.03. The molecule has 2 saturated heterocycles. The van der Waals surface area contributed by atoms with Gasteiger partial charge in [-0.1, -0.05) is 0 Å². The first-order valence-electron chi connectivity index (χ1n) is 7.65. The Balaban J connectivity index is 1.76. The largest absolute Gasteiger partial charge is 0.375 e. The number of sulfonamides is 1. The number of carbonyl (C=O) groups excluding carboxylic acids is 1. The van der Waals surface area contributed by atoms with Crippen molar-refractivity contribution in [2.45, 2.75) is 31.9 Å². The Morgan fingerprint density at radius 1 is 1.35 bits per heavy atom. The van der Waals surface area contributed by atoms with E-state index in [1.807, 2.05) is 6.92 Å². The van der Waals surface area contributed by atoms with Crippen LogP contribution in [-0.4, -0.2) is 73.2 Å². The lowest BCUT2D eigenvalue weighted by molar-refractivity contribution is -0.0406. The summed E-state index contributed by atoms with van der Waals surface area (Å²) >= 11 is 1.35. The molecule has 128 valence electrons. The highest BCUT2D eigenvalue weighted by Crippen LogP contribution is 2.27. The molecule has 0 spiro atoms. The average molecular weight is 359 g/mol. The van der Waals surface area contributed by atoms with E-state index in [-0.39, 0.29) is 18.1 Å². The number of aromatic nitrogens is 1. The van der Waals surface area contributed by atoms with E-state index in [4.69, 9.17) is 4.74 Å². The maximum Gasteiger partial charge on any atom is 0.265 e. The van der Waals surface area contributed by atoms with Crippen LogP contribution >= 0.6 is 11.3 Å². The highest BCUT2D eigenvalue weighted by Gasteiger charge is 2.39. The third-order valence-corrected chi connectivity index (χ3v) is 6.70. The molecule has 1 aromatic heterocycles. The number of aryl methyl sites for hydroxylation is 1. The minimum Gasteiger partial charge on any atom is -0.375 e. The van der Waals surface area contributed by atoms with E-state index in [0.29, 0.717) is 44.0 Å². The average Bonchev–Trinajstić information content (AvgIpc) is 2.80. The fourth-order valence-corrected chi connectivity index (χ4v) is 5.22. The Bertz CT molecular complexity index is 688. The number of nitrogens with zero attached hydrogens (tertiary/aromatic N) is 3. The molecule has 0 bridgehead atoms. The van der Waals surface area contributed by atoms with Crippen molar-refractivity contribution >= 4 is 27.3 Å². The second-order valence-electron chi connectivity index (χ2n) is 5.99. The molecule has 0 aliphatic carbocycles. The van der Waals surface area contributed by atoms with Gasteiger partial charge in [0.2, 0.25) is 10.0 Å². The Kier molecular flexibility index (Phi) is 4.73. The smallest absolute Gasteiger partial charge is 0.265 e. The van der Waals surface area contributed by atoms with Gasteiger partial charge in [-0.2, -0.15) is 4.31 Å². The van der Waals surface area contributed by atoms with Crippen molar-refractivity contribution in [3.8, 4) is 0 Å². The van der Waals surface area contributed by atoms with E-state index < -0.39 is 10.0 Å². The number of fused-ring (bicyclic) bond motifs is 1. The summed E-state index contributed by atoms with van der Waals surface area (Å²) in [6.07, 6.45) is 2.35. The van der Waals surface area contributed by atoms with Crippen LogP contribution in [0.1, 0.15) is 28.2 Å². The van der Waals surface area contributed by atoms with Crippen LogP contribution in [0.25, 0.3) is 0 Å². The number of hydrogen-bond acceptors (Lipinski definition) is 6. The first-order chi connectivity index (χ1) is 10.9. The van der Waals surface area contributed by atoms with Gasteiger partial charge in [-0.3, -0.25) is 4.79 Å². The molecule has 0 unspecified atom stereocenters. The first kappa shape index (κ1) is 16.8. The van der Waals surface area contributed by atoms with Crippen LogP contribution in [0.15, 0.2) is 5.51 Å². The van der Waals surface area contributed by atoms with E-state index in [0.717, 1.165) is 5.69 Å². The van der Waals surface area contributed by atoms with Crippen LogP contribution in [-0.2, 0) is 14.8 Å². The number of carbonyl (C=O) groups is 1. The zero-order valence-corrected chi connectivity index (χ0v) is 14.9. The number of likely N-dealkylation sites (tertiary alicyclic amines) is 1. The van der Waals surface area contributed by atoms with Crippen LogP contribution in [0.2, 0.25) is 0 Å². The van der Waals surface area contributed by atoms with Gasteiger partial charge in [0, 0.05) is 19.6 Å². The summed E-state index contributed by atoms with van der Waals surface area (Å²) in [6.45, 7) is 3.75. The van der Waals surface area contributed by atoms with Crippen molar-refractivity contribution in [1.29, 1.82) is 0 Å². The SMILES string of the molecule is Cc1ncsc1C(=O)N1CC[C@@H]2OCCN(S(C)(=O)=O)[C@H]2CC1. The fraction of sp³-hybridized carbons (Fsp3) is 0.714. The summed E-state index contributed by atoms with van der Waals surface area (Å²) in [7, 11) is -3.26. The molecule has 9 heteroatoms. The van der Waals surface area contributed by atoms with Crippen LogP contribution in [0.4, 0.5) is 0 Å². The normalized spacial score (nSPS) is 26.6. The maximum atomic E-state index is 12.6. The Labute approximate surface area is 140 Å². The number of hydrogen-bond donors (Lipinski definition) is 0. The molecule has 1 aromatic rings. The van der Waals surface area contributed by atoms with Gasteiger partial charge < -0.3 is 9.64 Å². The van der Waals surface area contributed by atoms with E-state index in [1.165, 1.54) is 21.9 Å². The molecule has 0 N–H and O–H groups in total. The molecule has 2 atom stereocenters. The van der Waals surface area contributed by atoms with Crippen molar-refractivity contribution in [3.05, 3.63) is 16.1 Å². The first-order valence-corrected chi connectivity index (χ1v) is 10.4. The van der Waals surface area contributed by atoms with E-state index >= 15 is 0 Å². The minimum atomic E-state index is -3.26. The second-order valence-corrected chi connectivity index (χ2v) is 8.78. The fourth-order valence-electron chi connectivity index (χ4n) is 3.31. The molecule has 2 aliphatic heterocycles. The highest BCUT2D eigenvalue weighted by molar-refractivity contribution is 7.88. The molecule has 3 rings (SSSR count). The van der Waals surface area contributed by atoms with Crippen molar-refractivity contribution in [3.63, 3.8) is 0 Å². The molecule has 7 nitrogen and oxygen atoms in total. The predicted molar refractivity (Wildman–Crippen MR) is 87.1 cm³/mol. The van der Waals surface area contributed by atoms with Gasteiger partial charge in [0.15, 0.2) is 0 Å². The van der Waals surface area contributed by atoms with Crippen LogP contribution in [0.5, 0.6) is 0 Å². The van der Waals surface area contributed by atoms with Crippen LogP contribution < -0.4 is 0 Å². The third kappa shape index (κ3) is 3.42. The summed E-state index contributed by atoms with van der Waals surface area (Å²) in [4.78, 5) is 19.2. The van der Waals surface area contributed by atoms with Gasteiger partial charge in [0.1, 0.15) is 4.88 Å². The lowest BCUT2D eigenvalue weighted by atomic mass is 10.0. The van der Waals surface area contributed by atoms with Gasteiger partial charge in [-0.05, 0) is 19.8 Å². The number of morpholine rings is 1. The summed E-state index contributed by atoms with van der Waals surface area (Å²) in [5.74, 6) is -0.0189. The molecular weight excluding hydrogens is 338 g/mol. The number of thiazole rings is 1. The topological polar surface area (TPSA) is 79.8 Å². The van der Waals surface area contributed by atoms with E-state index in [2.05, 4.69) is 4.98 Å². The number of amides is 1. The standard InChI is InChI=1S/C14H21N3O4S2/c1-10-13(22-9-15-10)14(18)16-5-3-11-12(4-6-16)21-8-7-17(11)23(2,19)20/h9,11-12H,3-8H2,1-2H3/t11-,12-/m0/s1. The third-order valence-electron chi connectivity index (χ3n) is 4.47. The molecule has 0 aromatic carbocycles. The molecule has 1 amide bonds. The maximum absolute atomic E-state index is 12.6.